The molecule has 0 spiro atoms. The zero-order valence-electron chi connectivity index (χ0n) is 11.5. The maximum absolute atomic E-state index is 5.54. The fourth-order valence-electron chi connectivity index (χ4n) is 2.10. The Hall–Kier alpha value is -2.22. The van der Waals surface area contributed by atoms with Crippen molar-refractivity contribution in [3.05, 3.63) is 18.7 Å². The SMILES string of the molecule is CNc1nc(N2CCOC(C)C2)nc(-n2ccnc2)n1. The molecule has 106 valence electrons. The molecule has 3 heterocycles. The molecular weight excluding hydrogens is 258 g/mol. The van der Waals surface area contributed by atoms with E-state index in [1.807, 2.05) is 6.92 Å². The molecule has 1 saturated heterocycles. The van der Waals surface area contributed by atoms with Crippen LogP contribution < -0.4 is 10.2 Å². The number of hydrogen-bond acceptors (Lipinski definition) is 7. The molecule has 1 N–H and O–H groups in total. The molecule has 0 aliphatic carbocycles. The molecule has 1 aliphatic heterocycles. The first-order valence-corrected chi connectivity index (χ1v) is 6.55. The van der Waals surface area contributed by atoms with E-state index >= 15 is 0 Å². The van der Waals surface area contributed by atoms with E-state index in [1.54, 1.807) is 30.3 Å². The van der Waals surface area contributed by atoms with E-state index in [-0.39, 0.29) is 6.10 Å². The van der Waals surface area contributed by atoms with E-state index < -0.39 is 0 Å². The van der Waals surface area contributed by atoms with E-state index in [0.717, 1.165) is 13.1 Å². The standard InChI is InChI=1S/C12H17N7O/c1-9-7-18(5-6-20-9)11-15-10(13-2)16-12(17-11)19-4-3-14-8-19/h3-4,8-9H,5-7H2,1-2H3,(H,13,15,16,17). The molecule has 2 aromatic heterocycles. The van der Waals surface area contributed by atoms with Crippen LogP contribution in [0.5, 0.6) is 0 Å². The second-order valence-corrected chi connectivity index (χ2v) is 4.61. The average molecular weight is 275 g/mol. The Balaban J connectivity index is 1.96. The highest BCUT2D eigenvalue weighted by Gasteiger charge is 2.20. The number of nitrogens with one attached hydrogen (secondary N) is 1. The number of morpholine rings is 1. The van der Waals surface area contributed by atoms with Gasteiger partial charge in [0.25, 0.3) is 0 Å². The molecule has 20 heavy (non-hydrogen) atoms. The highest BCUT2D eigenvalue weighted by molar-refractivity contribution is 5.40. The van der Waals surface area contributed by atoms with Gasteiger partial charge in [0.15, 0.2) is 0 Å². The summed E-state index contributed by atoms with van der Waals surface area (Å²) in [6.45, 7) is 4.28. The summed E-state index contributed by atoms with van der Waals surface area (Å²) in [6, 6.07) is 0. The zero-order valence-corrected chi connectivity index (χ0v) is 11.5. The van der Waals surface area contributed by atoms with E-state index in [4.69, 9.17) is 4.74 Å². The van der Waals surface area contributed by atoms with Gasteiger partial charge in [-0.15, -0.1) is 0 Å². The maximum atomic E-state index is 5.54. The monoisotopic (exact) mass is 275 g/mol. The van der Waals surface area contributed by atoms with Crippen molar-refractivity contribution in [2.24, 2.45) is 0 Å². The molecule has 1 fully saturated rings. The van der Waals surface area contributed by atoms with Gasteiger partial charge in [-0.1, -0.05) is 0 Å². The Kier molecular flexibility index (Phi) is 3.46. The van der Waals surface area contributed by atoms with Crippen molar-refractivity contribution in [3.63, 3.8) is 0 Å². The first-order valence-electron chi connectivity index (χ1n) is 6.55. The second kappa shape index (κ2) is 5.41. The lowest BCUT2D eigenvalue weighted by Gasteiger charge is -2.31. The Bertz CT molecular complexity index is 571. The Morgan fingerprint density at radius 3 is 2.85 bits per heavy atom. The lowest BCUT2D eigenvalue weighted by molar-refractivity contribution is 0.0526. The average Bonchev–Trinajstić information content (AvgIpc) is 3.01. The molecule has 8 nitrogen and oxygen atoms in total. The van der Waals surface area contributed by atoms with Crippen LogP contribution in [0.1, 0.15) is 6.92 Å². The molecule has 0 aromatic carbocycles. The lowest BCUT2D eigenvalue weighted by Crippen LogP contribution is -2.42. The highest BCUT2D eigenvalue weighted by atomic mass is 16.5. The molecule has 8 heteroatoms. The minimum atomic E-state index is 0.176. The van der Waals surface area contributed by atoms with Gasteiger partial charge in [-0.3, -0.25) is 4.57 Å². The molecular formula is C12H17N7O. The van der Waals surface area contributed by atoms with Crippen molar-refractivity contribution < 1.29 is 4.74 Å². The van der Waals surface area contributed by atoms with Crippen LogP contribution in [0.25, 0.3) is 5.95 Å². The summed E-state index contributed by atoms with van der Waals surface area (Å²) >= 11 is 0. The summed E-state index contributed by atoms with van der Waals surface area (Å²) in [6.07, 6.45) is 5.34. The minimum Gasteiger partial charge on any atom is -0.375 e. The lowest BCUT2D eigenvalue weighted by atomic mass is 10.3. The van der Waals surface area contributed by atoms with Gasteiger partial charge < -0.3 is 15.0 Å². The largest absolute Gasteiger partial charge is 0.375 e. The number of anilines is 2. The van der Waals surface area contributed by atoms with Gasteiger partial charge in [0.1, 0.15) is 6.33 Å². The smallest absolute Gasteiger partial charge is 0.241 e. The topological polar surface area (TPSA) is 81.0 Å². The summed E-state index contributed by atoms with van der Waals surface area (Å²) in [5.74, 6) is 1.75. The molecule has 3 rings (SSSR count). The predicted octanol–water partition coefficient (Wildman–Crippen LogP) is 0.324. The van der Waals surface area contributed by atoms with E-state index in [9.17, 15) is 0 Å². The van der Waals surface area contributed by atoms with Crippen molar-refractivity contribution in [2.75, 3.05) is 37.0 Å². The molecule has 0 amide bonds. The molecule has 1 unspecified atom stereocenters. The normalized spacial score (nSPS) is 19.1. The van der Waals surface area contributed by atoms with E-state index in [0.29, 0.717) is 24.5 Å². The third-order valence-electron chi connectivity index (χ3n) is 3.09. The maximum Gasteiger partial charge on any atom is 0.241 e. The van der Waals surface area contributed by atoms with Gasteiger partial charge in [0, 0.05) is 32.5 Å². The fourth-order valence-corrected chi connectivity index (χ4v) is 2.10. The number of hydrogen-bond donors (Lipinski definition) is 1. The van der Waals surface area contributed by atoms with Gasteiger partial charge in [0.2, 0.25) is 17.8 Å². The summed E-state index contributed by atoms with van der Waals surface area (Å²) in [7, 11) is 1.79. The molecule has 1 atom stereocenters. The fraction of sp³-hybridized carbons (Fsp3) is 0.500. The summed E-state index contributed by atoms with van der Waals surface area (Å²) in [4.78, 5) is 19.4. The van der Waals surface area contributed by atoms with Gasteiger partial charge in [-0.05, 0) is 6.92 Å². The molecule has 0 radical (unpaired) electrons. The third-order valence-corrected chi connectivity index (χ3v) is 3.09. The Labute approximate surface area is 116 Å². The predicted molar refractivity (Wildman–Crippen MR) is 74.1 cm³/mol. The number of imidazole rings is 1. The first kappa shape index (κ1) is 12.8. The van der Waals surface area contributed by atoms with Crippen molar-refractivity contribution in [1.29, 1.82) is 0 Å². The van der Waals surface area contributed by atoms with Gasteiger partial charge in [-0.25, -0.2) is 4.98 Å². The van der Waals surface area contributed by atoms with Crippen LogP contribution in [-0.4, -0.2) is 57.4 Å². The van der Waals surface area contributed by atoms with Gasteiger partial charge >= 0.3 is 0 Å². The molecule has 2 aromatic rings. The highest BCUT2D eigenvalue weighted by Crippen LogP contribution is 2.16. The Morgan fingerprint density at radius 1 is 1.30 bits per heavy atom. The Morgan fingerprint density at radius 2 is 2.15 bits per heavy atom. The molecule has 0 saturated carbocycles. The van der Waals surface area contributed by atoms with Crippen molar-refractivity contribution >= 4 is 11.9 Å². The van der Waals surface area contributed by atoms with Crippen molar-refractivity contribution in [1.82, 2.24) is 24.5 Å². The van der Waals surface area contributed by atoms with Crippen LogP contribution in [-0.2, 0) is 4.74 Å². The van der Waals surface area contributed by atoms with Crippen LogP contribution >= 0.6 is 0 Å². The second-order valence-electron chi connectivity index (χ2n) is 4.61. The van der Waals surface area contributed by atoms with E-state index in [1.165, 1.54) is 0 Å². The number of ether oxygens (including phenoxy) is 1. The molecule has 1 aliphatic rings. The van der Waals surface area contributed by atoms with Crippen LogP contribution in [0, 0.1) is 0 Å². The van der Waals surface area contributed by atoms with Crippen molar-refractivity contribution in [3.8, 4) is 5.95 Å². The van der Waals surface area contributed by atoms with E-state index in [2.05, 4.69) is 30.2 Å². The van der Waals surface area contributed by atoms with Crippen molar-refractivity contribution in [2.45, 2.75) is 13.0 Å². The van der Waals surface area contributed by atoms with Gasteiger partial charge in [-0.2, -0.15) is 15.0 Å². The minimum absolute atomic E-state index is 0.176. The van der Waals surface area contributed by atoms with Crippen LogP contribution in [0.3, 0.4) is 0 Å². The quantitative estimate of drug-likeness (QED) is 0.864. The summed E-state index contributed by atoms with van der Waals surface area (Å²) in [5.41, 5.74) is 0. The number of rotatable bonds is 3. The first-order chi connectivity index (χ1) is 9.76. The van der Waals surface area contributed by atoms with Crippen LogP contribution in [0.2, 0.25) is 0 Å². The summed E-state index contributed by atoms with van der Waals surface area (Å²) in [5, 5.41) is 2.97. The number of nitrogens with zero attached hydrogens (tertiary/aromatic N) is 6. The third kappa shape index (κ3) is 2.55. The summed E-state index contributed by atoms with van der Waals surface area (Å²) < 4.78 is 7.30. The number of aromatic nitrogens is 5. The zero-order chi connectivity index (χ0) is 13.9. The van der Waals surface area contributed by atoms with Crippen LogP contribution in [0.15, 0.2) is 18.7 Å². The molecule has 0 bridgehead atoms. The van der Waals surface area contributed by atoms with Crippen LogP contribution in [0.4, 0.5) is 11.9 Å². The van der Waals surface area contributed by atoms with Gasteiger partial charge in [0.05, 0.1) is 12.7 Å².